The lowest BCUT2D eigenvalue weighted by molar-refractivity contribution is -0.137. The van der Waals surface area contributed by atoms with Crippen LogP contribution in [0.3, 0.4) is 0 Å². The molecule has 2 aliphatic rings. The molecule has 2 aromatic rings. The highest BCUT2D eigenvalue weighted by Gasteiger charge is 2.44. The zero-order valence-electron chi connectivity index (χ0n) is 15.0. The summed E-state index contributed by atoms with van der Waals surface area (Å²) in [6.07, 6.45) is -2.32. The van der Waals surface area contributed by atoms with Crippen LogP contribution in [0.15, 0.2) is 48.5 Å². The van der Waals surface area contributed by atoms with Crippen LogP contribution < -0.4 is 10.2 Å². The maximum Gasteiger partial charge on any atom is 0.416 e. The smallest absolute Gasteiger partial charge is 0.326 e. The third-order valence-corrected chi connectivity index (χ3v) is 5.31. The van der Waals surface area contributed by atoms with Crippen LogP contribution in [0.4, 0.5) is 24.5 Å². The van der Waals surface area contributed by atoms with Gasteiger partial charge in [0.2, 0.25) is 11.8 Å². The van der Waals surface area contributed by atoms with Gasteiger partial charge in [0, 0.05) is 30.3 Å². The fourth-order valence-corrected chi connectivity index (χ4v) is 3.65. The predicted octanol–water partition coefficient (Wildman–Crippen LogP) is 4.57. The molecule has 1 aliphatic heterocycles. The van der Waals surface area contributed by atoms with Crippen LogP contribution in [0.5, 0.6) is 0 Å². The highest BCUT2D eigenvalue weighted by atomic mass is 19.4. The van der Waals surface area contributed by atoms with Gasteiger partial charge in [-0.1, -0.05) is 12.1 Å². The molecule has 28 heavy (non-hydrogen) atoms. The number of hydrogen-bond donors (Lipinski definition) is 1. The summed E-state index contributed by atoms with van der Waals surface area (Å²) in [5.41, 5.74) is 1.51. The molecule has 0 bridgehead atoms. The first-order chi connectivity index (χ1) is 13.3. The average Bonchev–Trinajstić information content (AvgIpc) is 3.36. The molecule has 2 aromatic carbocycles. The third-order valence-electron chi connectivity index (χ3n) is 5.31. The summed E-state index contributed by atoms with van der Waals surface area (Å²) in [6.45, 7) is 0.710. The summed E-state index contributed by atoms with van der Waals surface area (Å²) in [5, 5.41) is 2.85. The first-order valence-electron chi connectivity index (χ1n) is 9.21. The molecule has 2 fully saturated rings. The number of benzene rings is 2. The van der Waals surface area contributed by atoms with Crippen molar-refractivity contribution < 1.29 is 22.8 Å². The summed E-state index contributed by atoms with van der Waals surface area (Å²) in [6, 6.07) is 12.1. The number of hydrogen-bond acceptors (Lipinski definition) is 2. The maximum absolute atomic E-state index is 12.6. The second-order valence-corrected chi connectivity index (χ2v) is 7.25. The van der Waals surface area contributed by atoms with Crippen LogP contribution in [0, 0.1) is 5.92 Å². The Balaban J connectivity index is 1.35. The Labute approximate surface area is 160 Å². The van der Waals surface area contributed by atoms with Gasteiger partial charge in [-0.15, -0.1) is 0 Å². The van der Waals surface area contributed by atoms with Crippen molar-refractivity contribution in [3.8, 4) is 0 Å². The Morgan fingerprint density at radius 3 is 2.29 bits per heavy atom. The van der Waals surface area contributed by atoms with Gasteiger partial charge in [0.25, 0.3) is 0 Å². The van der Waals surface area contributed by atoms with Gasteiger partial charge in [0.15, 0.2) is 0 Å². The molecule has 0 aromatic heterocycles. The van der Waals surface area contributed by atoms with Crippen LogP contribution in [0.2, 0.25) is 0 Å². The molecule has 2 atom stereocenters. The third kappa shape index (κ3) is 3.74. The standard InChI is InChI=1S/C21H19F3N2O2/c22-21(23,24)14-5-3-13(4-6-14)17-12-18(17)20(28)25-15-7-9-16(10-8-15)26-11-1-2-19(26)27/h3-10,17-18H,1-2,11-12H2,(H,25,28). The second-order valence-electron chi connectivity index (χ2n) is 7.25. The molecule has 2 amide bonds. The van der Waals surface area contributed by atoms with Gasteiger partial charge in [-0.2, -0.15) is 13.2 Å². The number of carbonyl (C=O) groups is 2. The Hall–Kier alpha value is -2.83. The van der Waals surface area contributed by atoms with E-state index in [1.165, 1.54) is 12.1 Å². The molecule has 146 valence electrons. The lowest BCUT2D eigenvalue weighted by Crippen LogP contribution is -2.23. The summed E-state index contributed by atoms with van der Waals surface area (Å²) in [7, 11) is 0. The number of anilines is 2. The molecule has 4 rings (SSSR count). The number of nitrogens with zero attached hydrogens (tertiary/aromatic N) is 1. The quantitative estimate of drug-likeness (QED) is 0.834. The van der Waals surface area contributed by atoms with Crippen LogP contribution >= 0.6 is 0 Å². The van der Waals surface area contributed by atoms with E-state index < -0.39 is 11.7 Å². The molecular weight excluding hydrogens is 369 g/mol. The minimum Gasteiger partial charge on any atom is -0.326 e. The average molecular weight is 388 g/mol. The van der Waals surface area contributed by atoms with Gasteiger partial charge in [0.05, 0.1) is 5.56 Å². The van der Waals surface area contributed by atoms with E-state index in [1.807, 2.05) is 0 Å². The fourth-order valence-electron chi connectivity index (χ4n) is 3.65. The predicted molar refractivity (Wildman–Crippen MR) is 99.0 cm³/mol. The maximum atomic E-state index is 12.6. The van der Waals surface area contributed by atoms with Crippen molar-refractivity contribution in [2.24, 2.45) is 5.92 Å². The molecule has 1 heterocycles. The van der Waals surface area contributed by atoms with Crippen molar-refractivity contribution >= 4 is 23.2 Å². The minimum absolute atomic E-state index is 0.0521. The van der Waals surface area contributed by atoms with Gasteiger partial charge >= 0.3 is 6.18 Å². The fraction of sp³-hybridized carbons (Fsp3) is 0.333. The monoisotopic (exact) mass is 388 g/mol. The molecule has 1 aliphatic carbocycles. The zero-order chi connectivity index (χ0) is 19.9. The van der Waals surface area contributed by atoms with Gasteiger partial charge < -0.3 is 10.2 Å². The summed E-state index contributed by atoms with van der Waals surface area (Å²) in [5.74, 6) is -0.329. The van der Waals surface area contributed by atoms with Crippen molar-refractivity contribution in [2.75, 3.05) is 16.8 Å². The van der Waals surface area contributed by atoms with E-state index in [1.54, 1.807) is 29.2 Å². The molecule has 1 saturated carbocycles. The molecule has 0 radical (unpaired) electrons. The Kier molecular flexibility index (Phi) is 4.61. The van der Waals surface area contributed by atoms with Crippen LogP contribution in [0.25, 0.3) is 0 Å². The van der Waals surface area contributed by atoms with Crippen molar-refractivity contribution in [2.45, 2.75) is 31.4 Å². The zero-order valence-corrected chi connectivity index (χ0v) is 15.0. The molecule has 1 saturated heterocycles. The SMILES string of the molecule is O=C(Nc1ccc(N2CCCC2=O)cc1)C1CC1c1ccc(C(F)(F)F)cc1. The second kappa shape index (κ2) is 6.96. The largest absolute Gasteiger partial charge is 0.416 e. The summed E-state index contributed by atoms with van der Waals surface area (Å²) >= 11 is 0. The van der Waals surface area contributed by atoms with Gasteiger partial charge in [0.1, 0.15) is 0 Å². The van der Waals surface area contributed by atoms with Gasteiger partial charge in [-0.05, 0) is 60.7 Å². The topological polar surface area (TPSA) is 49.4 Å². The first kappa shape index (κ1) is 18.5. The minimum atomic E-state index is -4.36. The number of nitrogens with one attached hydrogen (secondary N) is 1. The number of rotatable bonds is 4. The van der Waals surface area contributed by atoms with Crippen LogP contribution in [-0.2, 0) is 15.8 Å². The lowest BCUT2D eigenvalue weighted by atomic mass is 10.1. The van der Waals surface area contributed by atoms with Crippen molar-refractivity contribution in [1.82, 2.24) is 0 Å². The van der Waals surface area contributed by atoms with Crippen molar-refractivity contribution in [3.63, 3.8) is 0 Å². The molecule has 4 nitrogen and oxygen atoms in total. The Morgan fingerprint density at radius 2 is 1.71 bits per heavy atom. The highest BCUT2D eigenvalue weighted by molar-refractivity contribution is 5.97. The van der Waals surface area contributed by atoms with Crippen molar-refractivity contribution in [3.05, 3.63) is 59.7 Å². The molecule has 0 spiro atoms. The normalized spacial score (nSPS) is 21.7. The van der Waals surface area contributed by atoms with E-state index >= 15 is 0 Å². The first-order valence-corrected chi connectivity index (χ1v) is 9.21. The van der Waals surface area contributed by atoms with Gasteiger partial charge in [-0.3, -0.25) is 9.59 Å². The van der Waals surface area contributed by atoms with Crippen LogP contribution in [0.1, 0.15) is 36.3 Å². The van der Waals surface area contributed by atoms with E-state index in [4.69, 9.17) is 0 Å². The molecule has 2 unspecified atom stereocenters. The van der Waals surface area contributed by atoms with E-state index in [0.29, 0.717) is 25.1 Å². The number of alkyl halides is 3. The Bertz CT molecular complexity index is 891. The molecule has 7 heteroatoms. The highest BCUT2D eigenvalue weighted by Crippen LogP contribution is 2.48. The van der Waals surface area contributed by atoms with Crippen molar-refractivity contribution in [1.29, 1.82) is 0 Å². The lowest BCUT2D eigenvalue weighted by Gasteiger charge is -2.16. The van der Waals surface area contributed by atoms with E-state index in [2.05, 4.69) is 5.32 Å². The van der Waals surface area contributed by atoms with Gasteiger partial charge in [-0.25, -0.2) is 0 Å². The number of carbonyl (C=O) groups excluding carboxylic acids is 2. The van der Waals surface area contributed by atoms with E-state index in [-0.39, 0.29) is 23.7 Å². The summed E-state index contributed by atoms with van der Waals surface area (Å²) < 4.78 is 37.9. The summed E-state index contributed by atoms with van der Waals surface area (Å²) in [4.78, 5) is 25.9. The Morgan fingerprint density at radius 1 is 1.04 bits per heavy atom. The van der Waals surface area contributed by atoms with Crippen LogP contribution in [-0.4, -0.2) is 18.4 Å². The van der Waals surface area contributed by atoms with E-state index in [9.17, 15) is 22.8 Å². The van der Waals surface area contributed by atoms with E-state index in [0.717, 1.165) is 29.8 Å². The molecular formula is C21H19F3N2O2. The number of amides is 2. The molecule has 1 N–H and O–H groups in total. The number of halogens is 3.